The van der Waals surface area contributed by atoms with Gasteiger partial charge in [0, 0.05) is 8.50 Å². The quantitative estimate of drug-likeness (QED) is 0.142. The Morgan fingerprint density at radius 3 is 2.30 bits per heavy atom. The Labute approximate surface area is 172 Å². The van der Waals surface area contributed by atoms with Gasteiger partial charge in [-0.2, -0.15) is 0 Å². The predicted octanol–water partition coefficient (Wildman–Crippen LogP) is 8.13. The van der Waals surface area contributed by atoms with E-state index in [1.807, 2.05) is 30.4 Å². The Bertz CT molecular complexity index is 520. The van der Waals surface area contributed by atoms with Gasteiger partial charge in [0.15, 0.2) is 8.46 Å². The summed E-state index contributed by atoms with van der Waals surface area (Å²) in [5, 5.41) is 0. The fraction of sp³-hybridized carbons (Fsp3) is 0.455. The first kappa shape index (κ1) is 26.4. The number of hydrogen-bond donors (Lipinski definition) is 0. The third kappa shape index (κ3) is 18.5. The summed E-state index contributed by atoms with van der Waals surface area (Å²) in [7, 11) is 3.18. The highest BCUT2D eigenvalue weighted by Gasteiger charge is 2.00. The molecule has 0 heterocycles. The molecular weight excluding hydrogens is 389 g/mol. The summed E-state index contributed by atoms with van der Waals surface area (Å²) >= 11 is 0. The molecule has 2 unspecified atom stereocenters. The fourth-order valence-electron chi connectivity index (χ4n) is 2.11. The van der Waals surface area contributed by atoms with Gasteiger partial charge in [-0.15, -0.1) is 0 Å². The van der Waals surface area contributed by atoms with E-state index >= 15 is 0 Å². The molecule has 0 aromatic carbocycles. The van der Waals surface area contributed by atoms with Gasteiger partial charge in [0.1, 0.15) is 0 Å². The van der Waals surface area contributed by atoms with Gasteiger partial charge in [-0.25, -0.2) is 0 Å². The molecule has 5 heteroatoms. The van der Waals surface area contributed by atoms with Crippen LogP contribution in [0.3, 0.4) is 0 Å². The number of allylic oxidation sites excluding steroid dienone is 10. The summed E-state index contributed by atoms with van der Waals surface area (Å²) < 4.78 is 16.9. The van der Waals surface area contributed by atoms with Crippen LogP contribution in [0.2, 0.25) is 0 Å². The minimum absolute atomic E-state index is 0.0306. The molecule has 0 aliphatic carbocycles. The van der Waals surface area contributed by atoms with Crippen LogP contribution in [-0.2, 0) is 9.09 Å². The van der Waals surface area contributed by atoms with E-state index in [0.29, 0.717) is 8.50 Å². The molecule has 0 aromatic rings. The minimum atomic E-state index is 0.0306. The molecule has 2 nitrogen and oxygen atoms in total. The second-order valence-electron chi connectivity index (χ2n) is 5.92. The highest BCUT2D eigenvalue weighted by Crippen LogP contribution is 2.25. The Morgan fingerprint density at radius 2 is 1.63 bits per heavy atom. The predicted molar refractivity (Wildman–Crippen MR) is 128 cm³/mol. The lowest BCUT2D eigenvalue weighted by Crippen LogP contribution is -2.01. The van der Waals surface area contributed by atoms with E-state index in [-0.39, 0.29) is 20.2 Å². The summed E-state index contributed by atoms with van der Waals surface area (Å²) in [4.78, 5) is 0. The SMILES string of the molecule is CCC=CC[C@@H](C=CC=CC=C[C@@H](CC=CCC=CCCC)P=O)OPP. The van der Waals surface area contributed by atoms with Crippen LogP contribution in [0.5, 0.6) is 0 Å². The molecule has 0 saturated carbocycles. The maximum absolute atomic E-state index is 11.3. The van der Waals surface area contributed by atoms with Gasteiger partial charge in [-0.05, 0) is 32.1 Å². The molecule has 150 valence electrons. The van der Waals surface area contributed by atoms with E-state index < -0.39 is 0 Å². The minimum Gasteiger partial charge on any atom is -0.351 e. The molecule has 0 aromatic heterocycles. The van der Waals surface area contributed by atoms with Crippen molar-refractivity contribution in [3.05, 3.63) is 72.9 Å². The monoisotopic (exact) mass is 424 g/mol. The van der Waals surface area contributed by atoms with Gasteiger partial charge in [-0.3, -0.25) is 4.57 Å². The Balaban J connectivity index is 4.26. The molecule has 27 heavy (non-hydrogen) atoms. The second-order valence-corrected chi connectivity index (χ2v) is 7.97. The van der Waals surface area contributed by atoms with Crippen LogP contribution in [0.25, 0.3) is 0 Å². The summed E-state index contributed by atoms with van der Waals surface area (Å²) in [5.74, 6) is 0. The molecule has 0 rings (SSSR count). The van der Waals surface area contributed by atoms with Crippen molar-refractivity contribution < 1.29 is 9.09 Å². The molecule has 0 saturated heterocycles. The lowest BCUT2D eigenvalue weighted by molar-refractivity contribution is 0.296. The number of hydrogen-bond acceptors (Lipinski definition) is 2. The van der Waals surface area contributed by atoms with Crippen molar-refractivity contribution in [2.75, 3.05) is 0 Å². The zero-order valence-electron chi connectivity index (χ0n) is 16.7. The van der Waals surface area contributed by atoms with E-state index in [4.69, 9.17) is 4.52 Å². The number of rotatable bonds is 16. The summed E-state index contributed by atoms with van der Waals surface area (Å²) in [5.41, 5.74) is 0.0306. The van der Waals surface area contributed by atoms with Crippen molar-refractivity contribution in [2.24, 2.45) is 0 Å². The van der Waals surface area contributed by atoms with E-state index in [1.165, 1.54) is 6.42 Å². The Kier molecular flexibility index (Phi) is 21.1. The van der Waals surface area contributed by atoms with Gasteiger partial charge in [0.2, 0.25) is 0 Å². The van der Waals surface area contributed by atoms with Gasteiger partial charge in [-0.1, -0.05) is 102 Å². The van der Waals surface area contributed by atoms with Crippen LogP contribution < -0.4 is 0 Å². The Hall–Kier alpha value is -0.640. The lowest BCUT2D eigenvalue weighted by atomic mass is 10.2. The third-order valence-electron chi connectivity index (χ3n) is 3.56. The summed E-state index contributed by atoms with van der Waals surface area (Å²) in [6.07, 6.45) is 31.0. The molecule has 0 N–H and O–H groups in total. The molecule has 0 aliphatic heterocycles. The van der Waals surface area contributed by atoms with E-state index in [9.17, 15) is 4.57 Å². The zero-order chi connectivity index (χ0) is 20.0. The first-order valence-corrected chi connectivity index (χ1v) is 13.3. The lowest BCUT2D eigenvalue weighted by Gasteiger charge is -2.09. The van der Waals surface area contributed by atoms with Gasteiger partial charge in [0.25, 0.3) is 0 Å². The van der Waals surface area contributed by atoms with Crippen molar-refractivity contribution in [3.8, 4) is 0 Å². The van der Waals surface area contributed by atoms with E-state index in [2.05, 4.69) is 65.3 Å². The molecule has 0 spiro atoms. The fourth-order valence-corrected chi connectivity index (χ4v) is 3.36. The van der Waals surface area contributed by atoms with Gasteiger partial charge >= 0.3 is 0 Å². The highest BCUT2D eigenvalue weighted by molar-refractivity contribution is 8.00. The number of unbranched alkanes of at least 4 members (excludes halogenated alkanes) is 1. The van der Waals surface area contributed by atoms with Crippen molar-refractivity contribution in [1.82, 2.24) is 0 Å². The average molecular weight is 424 g/mol. The average Bonchev–Trinajstić information content (AvgIpc) is 2.68. The molecule has 0 aliphatic rings. The molecule has 0 bridgehead atoms. The van der Waals surface area contributed by atoms with Crippen LogP contribution in [0.1, 0.15) is 52.4 Å². The zero-order valence-corrected chi connectivity index (χ0v) is 19.7. The maximum atomic E-state index is 11.3. The van der Waals surface area contributed by atoms with Crippen molar-refractivity contribution >= 4 is 25.9 Å². The molecular formula is C22H35O2P3. The van der Waals surface area contributed by atoms with Gasteiger partial charge < -0.3 is 4.52 Å². The Morgan fingerprint density at radius 1 is 0.926 bits per heavy atom. The van der Waals surface area contributed by atoms with Crippen LogP contribution in [-0.4, -0.2) is 11.8 Å². The molecule has 0 amide bonds. The van der Waals surface area contributed by atoms with E-state index in [0.717, 1.165) is 32.1 Å². The second kappa shape index (κ2) is 21.7. The van der Waals surface area contributed by atoms with Crippen molar-refractivity contribution in [3.63, 3.8) is 0 Å². The van der Waals surface area contributed by atoms with Crippen LogP contribution in [0, 0.1) is 0 Å². The van der Waals surface area contributed by atoms with Crippen LogP contribution in [0.15, 0.2) is 72.9 Å². The maximum Gasteiger partial charge on any atom is 0.163 e. The van der Waals surface area contributed by atoms with Crippen LogP contribution >= 0.6 is 25.9 Å². The van der Waals surface area contributed by atoms with Gasteiger partial charge in [0.05, 0.1) is 11.8 Å². The molecule has 0 fully saturated rings. The largest absolute Gasteiger partial charge is 0.351 e. The smallest absolute Gasteiger partial charge is 0.163 e. The van der Waals surface area contributed by atoms with E-state index in [1.54, 1.807) is 0 Å². The standard InChI is InChI=1S/C22H35O2P3/c1-3-5-7-8-9-10-15-19-22(26-23)20-16-12-11-14-18-21(24-27-25)17-13-6-4-2/h6-8,10-16,18,20-22,27H,3-5,9,17,19,25H2,1-2H3/t21-,22+/m0/s1. The topological polar surface area (TPSA) is 26.3 Å². The first-order chi connectivity index (χ1) is 13.3. The van der Waals surface area contributed by atoms with Crippen molar-refractivity contribution in [1.29, 1.82) is 0 Å². The summed E-state index contributed by atoms with van der Waals surface area (Å²) in [6.45, 7) is 4.31. The molecule has 4 atom stereocenters. The third-order valence-corrected chi connectivity index (χ3v) is 5.06. The normalized spacial score (nSPS) is 16.1. The van der Waals surface area contributed by atoms with Crippen molar-refractivity contribution in [2.45, 2.75) is 64.1 Å². The molecule has 0 radical (unpaired) electrons. The first-order valence-electron chi connectivity index (χ1n) is 9.68. The van der Waals surface area contributed by atoms with Crippen LogP contribution in [0.4, 0.5) is 0 Å². The highest BCUT2D eigenvalue weighted by atomic mass is 32.0. The summed E-state index contributed by atoms with van der Waals surface area (Å²) in [6, 6.07) is 0.